The maximum atomic E-state index is 6.10. The van der Waals surface area contributed by atoms with Gasteiger partial charge in [-0.1, -0.05) is 30.3 Å². The third-order valence-corrected chi connectivity index (χ3v) is 3.78. The van der Waals surface area contributed by atoms with Crippen LogP contribution in [0.4, 0.5) is 0 Å². The summed E-state index contributed by atoms with van der Waals surface area (Å²) < 4.78 is 1.68. The van der Waals surface area contributed by atoms with E-state index in [1.807, 2.05) is 6.07 Å². The van der Waals surface area contributed by atoms with Crippen LogP contribution in [-0.2, 0) is 6.42 Å². The molecule has 16 heavy (non-hydrogen) atoms. The number of alkyl halides is 1. The first kappa shape index (κ1) is 12.2. The average molecular weight is 259 g/mol. The second-order valence-corrected chi connectivity index (χ2v) is 5.03. The van der Waals surface area contributed by atoms with E-state index in [4.69, 9.17) is 23.4 Å². The molecule has 0 bridgehead atoms. The Morgan fingerprint density at radius 1 is 1.19 bits per heavy atom. The molecule has 0 aromatic heterocycles. The van der Waals surface area contributed by atoms with Gasteiger partial charge in [-0.2, -0.15) is 4.42 Å². The molecular formula is C12H16Cl2N2. The van der Waals surface area contributed by atoms with Gasteiger partial charge in [-0.15, -0.1) is 11.6 Å². The number of hydrogen-bond donors (Lipinski definition) is 0. The fourth-order valence-electron chi connectivity index (χ4n) is 1.90. The van der Waals surface area contributed by atoms with Crippen LogP contribution in [0.25, 0.3) is 0 Å². The zero-order valence-corrected chi connectivity index (χ0v) is 10.7. The number of nitrogens with zero attached hydrogens (tertiary/aromatic N) is 2. The van der Waals surface area contributed by atoms with Crippen LogP contribution in [-0.4, -0.2) is 41.0 Å². The SMILES string of the molecule is ClC1CN(CCc2ccccc2)CCN1Cl. The summed E-state index contributed by atoms with van der Waals surface area (Å²) in [6, 6.07) is 10.5. The van der Waals surface area contributed by atoms with Gasteiger partial charge in [0.15, 0.2) is 0 Å². The quantitative estimate of drug-likeness (QED) is 0.467. The molecule has 4 heteroatoms. The summed E-state index contributed by atoms with van der Waals surface area (Å²) in [7, 11) is 0. The van der Waals surface area contributed by atoms with Crippen molar-refractivity contribution in [2.75, 3.05) is 26.2 Å². The van der Waals surface area contributed by atoms with Crippen LogP contribution in [0.2, 0.25) is 0 Å². The van der Waals surface area contributed by atoms with Gasteiger partial charge in [0.05, 0.1) is 0 Å². The summed E-state index contributed by atoms with van der Waals surface area (Å²) in [6.07, 6.45) is 1.08. The first-order chi connectivity index (χ1) is 7.75. The van der Waals surface area contributed by atoms with Crippen LogP contribution in [0, 0.1) is 0 Å². The minimum Gasteiger partial charge on any atom is -0.299 e. The summed E-state index contributed by atoms with van der Waals surface area (Å²) in [5.74, 6) is 0. The van der Waals surface area contributed by atoms with E-state index < -0.39 is 0 Å². The number of benzene rings is 1. The van der Waals surface area contributed by atoms with Crippen molar-refractivity contribution in [1.82, 2.24) is 9.32 Å². The van der Waals surface area contributed by atoms with Crippen LogP contribution in [0.3, 0.4) is 0 Å². The number of halogens is 2. The Morgan fingerprint density at radius 2 is 1.94 bits per heavy atom. The molecule has 0 amide bonds. The largest absolute Gasteiger partial charge is 0.299 e. The average Bonchev–Trinajstić information content (AvgIpc) is 2.32. The highest BCUT2D eigenvalue weighted by Crippen LogP contribution is 2.15. The summed E-state index contributed by atoms with van der Waals surface area (Å²) in [5, 5.41) is 0. The molecule has 0 radical (unpaired) electrons. The molecule has 0 N–H and O–H groups in total. The van der Waals surface area contributed by atoms with Crippen molar-refractivity contribution in [1.29, 1.82) is 0 Å². The van der Waals surface area contributed by atoms with E-state index in [2.05, 4.69) is 29.2 Å². The van der Waals surface area contributed by atoms with Crippen LogP contribution < -0.4 is 0 Å². The maximum Gasteiger partial charge on any atom is 0.112 e. The van der Waals surface area contributed by atoms with Gasteiger partial charge in [-0.05, 0) is 23.8 Å². The molecule has 1 unspecified atom stereocenters. The van der Waals surface area contributed by atoms with Crippen molar-refractivity contribution in [3.05, 3.63) is 35.9 Å². The topological polar surface area (TPSA) is 6.48 Å². The fraction of sp³-hybridized carbons (Fsp3) is 0.500. The third kappa shape index (κ3) is 3.36. The van der Waals surface area contributed by atoms with Gasteiger partial charge < -0.3 is 0 Å². The highest BCUT2D eigenvalue weighted by molar-refractivity contribution is 6.25. The van der Waals surface area contributed by atoms with Gasteiger partial charge in [0.2, 0.25) is 0 Å². The van der Waals surface area contributed by atoms with Gasteiger partial charge in [0, 0.05) is 26.2 Å². The molecular weight excluding hydrogens is 243 g/mol. The molecule has 1 fully saturated rings. The van der Waals surface area contributed by atoms with Crippen molar-refractivity contribution < 1.29 is 0 Å². The van der Waals surface area contributed by atoms with Crippen LogP contribution >= 0.6 is 23.4 Å². The molecule has 1 heterocycles. The molecule has 1 aliphatic rings. The van der Waals surface area contributed by atoms with E-state index >= 15 is 0 Å². The van der Waals surface area contributed by atoms with E-state index in [0.717, 1.165) is 32.6 Å². The summed E-state index contributed by atoms with van der Waals surface area (Å²) in [4.78, 5) is 2.36. The highest BCUT2D eigenvalue weighted by atomic mass is 35.5. The first-order valence-corrected chi connectivity index (χ1v) is 6.36. The lowest BCUT2D eigenvalue weighted by molar-refractivity contribution is 0.176. The number of piperazine rings is 1. The minimum atomic E-state index is -0.0637. The van der Waals surface area contributed by atoms with Crippen LogP contribution in [0.1, 0.15) is 5.56 Å². The third-order valence-electron chi connectivity index (χ3n) is 2.90. The Morgan fingerprint density at radius 3 is 2.62 bits per heavy atom. The van der Waals surface area contributed by atoms with Gasteiger partial charge in [0.1, 0.15) is 5.50 Å². The molecule has 1 saturated heterocycles. The second-order valence-electron chi connectivity index (χ2n) is 4.09. The van der Waals surface area contributed by atoms with Gasteiger partial charge >= 0.3 is 0 Å². The Balaban J connectivity index is 1.79. The van der Waals surface area contributed by atoms with E-state index in [0.29, 0.717) is 0 Å². The zero-order chi connectivity index (χ0) is 11.4. The number of hydrogen-bond acceptors (Lipinski definition) is 2. The smallest absolute Gasteiger partial charge is 0.112 e. The predicted octanol–water partition coefficient (Wildman–Crippen LogP) is 2.57. The van der Waals surface area contributed by atoms with Crippen LogP contribution in [0.5, 0.6) is 0 Å². The predicted molar refractivity (Wildman–Crippen MR) is 68.8 cm³/mol. The van der Waals surface area contributed by atoms with E-state index in [9.17, 15) is 0 Å². The lowest BCUT2D eigenvalue weighted by Crippen LogP contribution is -2.47. The van der Waals surface area contributed by atoms with Gasteiger partial charge in [-0.25, -0.2) is 0 Å². The van der Waals surface area contributed by atoms with E-state index in [1.54, 1.807) is 4.42 Å². The molecule has 0 saturated carbocycles. The molecule has 1 aliphatic heterocycles. The van der Waals surface area contributed by atoms with Gasteiger partial charge in [-0.3, -0.25) is 4.90 Å². The minimum absolute atomic E-state index is 0.0637. The Kier molecular flexibility index (Phi) is 4.47. The van der Waals surface area contributed by atoms with Crippen LogP contribution in [0.15, 0.2) is 30.3 Å². The highest BCUT2D eigenvalue weighted by Gasteiger charge is 2.23. The summed E-state index contributed by atoms with van der Waals surface area (Å²) in [6.45, 7) is 3.74. The zero-order valence-electron chi connectivity index (χ0n) is 9.15. The molecule has 1 aromatic carbocycles. The van der Waals surface area contributed by atoms with Gasteiger partial charge in [0.25, 0.3) is 0 Å². The Labute approximate surface area is 107 Å². The molecule has 2 nitrogen and oxygen atoms in total. The van der Waals surface area contributed by atoms with E-state index in [-0.39, 0.29) is 5.50 Å². The molecule has 1 aromatic rings. The monoisotopic (exact) mass is 258 g/mol. The summed E-state index contributed by atoms with van der Waals surface area (Å²) in [5.41, 5.74) is 1.31. The molecule has 0 spiro atoms. The van der Waals surface area contributed by atoms with Crippen molar-refractivity contribution in [3.8, 4) is 0 Å². The molecule has 0 aliphatic carbocycles. The number of rotatable bonds is 3. The second kappa shape index (κ2) is 5.87. The maximum absolute atomic E-state index is 6.10. The Bertz CT molecular complexity index is 318. The van der Waals surface area contributed by atoms with Crippen molar-refractivity contribution in [2.24, 2.45) is 0 Å². The standard InChI is InChI=1S/C12H16Cl2N2/c13-12-10-15(8-9-16(12)14)7-6-11-4-2-1-3-5-11/h1-5,12H,6-10H2. The Hall–Kier alpha value is -0.280. The normalized spacial score (nSPS) is 23.5. The molecule has 88 valence electrons. The van der Waals surface area contributed by atoms with Crippen molar-refractivity contribution >= 4 is 23.4 Å². The summed E-state index contributed by atoms with van der Waals surface area (Å²) >= 11 is 12.0. The van der Waals surface area contributed by atoms with Crippen molar-refractivity contribution in [2.45, 2.75) is 11.9 Å². The van der Waals surface area contributed by atoms with Crippen molar-refractivity contribution in [3.63, 3.8) is 0 Å². The first-order valence-electron chi connectivity index (χ1n) is 5.58. The molecule has 1 atom stereocenters. The lowest BCUT2D eigenvalue weighted by atomic mass is 10.1. The fourth-order valence-corrected chi connectivity index (χ4v) is 2.34. The lowest BCUT2D eigenvalue weighted by Gasteiger charge is -2.34. The molecule has 2 rings (SSSR count). The van der Waals surface area contributed by atoms with E-state index in [1.165, 1.54) is 5.56 Å².